The van der Waals surface area contributed by atoms with E-state index in [4.69, 9.17) is 0 Å². The molecule has 0 bridgehead atoms. The molecule has 0 unspecified atom stereocenters. The van der Waals surface area contributed by atoms with E-state index in [1.807, 2.05) is 19.5 Å². The van der Waals surface area contributed by atoms with Gasteiger partial charge in [0.1, 0.15) is 11.6 Å². The molecule has 2 aromatic heterocycles. The molecule has 0 N–H and O–H groups in total. The highest BCUT2D eigenvalue weighted by atomic mass is 32.1. The highest BCUT2D eigenvalue weighted by Gasteiger charge is 2.22. The molecule has 4 nitrogen and oxygen atoms in total. The van der Waals surface area contributed by atoms with Gasteiger partial charge in [0, 0.05) is 23.8 Å². The zero-order chi connectivity index (χ0) is 16.9. The molecule has 0 radical (unpaired) electrons. The number of nitrogens with zero attached hydrogens (tertiary/aromatic N) is 4. The molecule has 0 aliphatic heterocycles. The van der Waals surface area contributed by atoms with E-state index < -0.39 is 0 Å². The summed E-state index contributed by atoms with van der Waals surface area (Å²) in [5, 5.41) is 0. The molecule has 6 heteroatoms. The smallest absolute Gasteiger partial charge is 0.149 e. The van der Waals surface area contributed by atoms with Crippen LogP contribution in [0.5, 0.6) is 0 Å². The first-order valence-electron chi connectivity index (χ1n) is 7.76. The van der Waals surface area contributed by atoms with Crippen LogP contribution in [0.25, 0.3) is 0 Å². The van der Waals surface area contributed by atoms with Crippen molar-refractivity contribution in [1.29, 1.82) is 0 Å². The molecule has 0 fully saturated rings. The van der Waals surface area contributed by atoms with Gasteiger partial charge in [-0.05, 0) is 44.2 Å². The summed E-state index contributed by atoms with van der Waals surface area (Å²) in [5.41, 5.74) is 3.94. The minimum atomic E-state index is -0.241. The molecule has 2 heterocycles. The molecule has 24 heavy (non-hydrogen) atoms. The number of aryl methyl sites for hydroxylation is 1. The maximum absolute atomic E-state index is 13.3. The van der Waals surface area contributed by atoms with Gasteiger partial charge in [0.25, 0.3) is 0 Å². The van der Waals surface area contributed by atoms with Crippen LogP contribution in [0, 0.1) is 12.7 Å². The Morgan fingerprint density at radius 1 is 1.12 bits per heavy atom. The minimum Gasteiger partial charge on any atom is -0.292 e. The largest absolute Gasteiger partial charge is 0.292 e. The fourth-order valence-electron chi connectivity index (χ4n) is 2.67. The molecular formula is C18H19FN4S. The van der Waals surface area contributed by atoms with E-state index in [1.54, 1.807) is 41.9 Å². The first kappa shape index (κ1) is 16.7. The van der Waals surface area contributed by atoms with Gasteiger partial charge < -0.3 is 0 Å². The second-order valence-electron chi connectivity index (χ2n) is 5.65. The topological polar surface area (TPSA) is 41.9 Å². The number of aromatic nitrogens is 3. The molecule has 0 amide bonds. The third kappa shape index (κ3) is 3.83. The molecule has 0 saturated carbocycles. The summed E-state index contributed by atoms with van der Waals surface area (Å²) in [6.45, 7) is 2.87. The van der Waals surface area contributed by atoms with E-state index in [0.29, 0.717) is 5.82 Å². The molecule has 0 aliphatic carbocycles. The van der Waals surface area contributed by atoms with Crippen molar-refractivity contribution in [3.63, 3.8) is 0 Å². The number of hydrogen-bond donors (Lipinski definition) is 0. The van der Waals surface area contributed by atoms with Crippen molar-refractivity contribution in [1.82, 2.24) is 19.9 Å². The van der Waals surface area contributed by atoms with Crippen LogP contribution in [0.1, 0.15) is 28.0 Å². The van der Waals surface area contributed by atoms with Crippen LogP contribution in [0.4, 0.5) is 4.39 Å². The summed E-state index contributed by atoms with van der Waals surface area (Å²) in [5.74, 6) is 0.474. The SMILES string of the molecule is Cc1ncsc1CCN(C)[C@@H](c1ccc(F)cc1)c1ncccn1. The van der Waals surface area contributed by atoms with Gasteiger partial charge in [0.05, 0.1) is 17.2 Å². The van der Waals surface area contributed by atoms with E-state index in [9.17, 15) is 4.39 Å². The van der Waals surface area contributed by atoms with Crippen LogP contribution in [0.2, 0.25) is 0 Å². The lowest BCUT2D eigenvalue weighted by Crippen LogP contribution is -2.29. The Morgan fingerprint density at radius 3 is 2.46 bits per heavy atom. The first-order chi connectivity index (χ1) is 11.6. The zero-order valence-corrected chi connectivity index (χ0v) is 14.5. The van der Waals surface area contributed by atoms with E-state index in [-0.39, 0.29) is 11.9 Å². The van der Waals surface area contributed by atoms with Crippen LogP contribution >= 0.6 is 11.3 Å². The van der Waals surface area contributed by atoms with Gasteiger partial charge in [-0.3, -0.25) is 4.90 Å². The van der Waals surface area contributed by atoms with Crippen molar-refractivity contribution < 1.29 is 4.39 Å². The van der Waals surface area contributed by atoms with Gasteiger partial charge in [0.2, 0.25) is 0 Å². The summed E-state index contributed by atoms with van der Waals surface area (Å²) >= 11 is 1.68. The Balaban J connectivity index is 1.83. The van der Waals surface area contributed by atoms with Crippen LogP contribution in [0.15, 0.2) is 48.2 Å². The average molecular weight is 342 g/mol. The van der Waals surface area contributed by atoms with Gasteiger partial charge in [-0.25, -0.2) is 19.3 Å². The summed E-state index contributed by atoms with van der Waals surface area (Å²) < 4.78 is 13.3. The quantitative estimate of drug-likeness (QED) is 0.686. The zero-order valence-electron chi connectivity index (χ0n) is 13.7. The number of benzene rings is 1. The Morgan fingerprint density at radius 2 is 1.83 bits per heavy atom. The molecular weight excluding hydrogens is 323 g/mol. The average Bonchev–Trinajstić information content (AvgIpc) is 3.01. The fraction of sp³-hybridized carbons (Fsp3) is 0.278. The van der Waals surface area contributed by atoms with Gasteiger partial charge in [-0.15, -0.1) is 11.3 Å². The number of likely N-dealkylation sites (N-methyl/N-ethyl adjacent to an activating group) is 1. The van der Waals surface area contributed by atoms with Crippen molar-refractivity contribution in [3.05, 3.63) is 76.0 Å². The highest BCUT2D eigenvalue weighted by Crippen LogP contribution is 2.25. The lowest BCUT2D eigenvalue weighted by molar-refractivity contribution is 0.273. The number of halogens is 1. The number of rotatable bonds is 6. The van der Waals surface area contributed by atoms with Crippen molar-refractivity contribution in [2.45, 2.75) is 19.4 Å². The fourth-order valence-corrected chi connectivity index (χ4v) is 3.44. The van der Waals surface area contributed by atoms with Crippen LogP contribution in [0.3, 0.4) is 0 Å². The lowest BCUT2D eigenvalue weighted by atomic mass is 10.0. The van der Waals surface area contributed by atoms with E-state index in [1.165, 1.54) is 17.0 Å². The minimum absolute atomic E-state index is 0.111. The van der Waals surface area contributed by atoms with Crippen LogP contribution in [-0.2, 0) is 6.42 Å². The van der Waals surface area contributed by atoms with Gasteiger partial charge in [-0.1, -0.05) is 12.1 Å². The lowest BCUT2D eigenvalue weighted by Gasteiger charge is -2.27. The van der Waals surface area contributed by atoms with Crippen LogP contribution in [-0.4, -0.2) is 33.4 Å². The predicted molar refractivity (Wildman–Crippen MR) is 93.5 cm³/mol. The number of thiazole rings is 1. The Labute approximate surface area is 145 Å². The second-order valence-corrected chi connectivity index (χ2v) is 6.59. The molecule has 1 atom stereocenters. The standard InChI is InChI=1S/C18H19FN4S/c1-13-16(24-12-22-13)8-11-23(2)17(18-20-9-3-10-21-18)14-4-6-15(19)7-5-14/h3-7,9-10,12,17H,8,11H2,1-2H3/t17-/m0/s1. The highest BCUT2D eigenvalue weighted by molar-refractivity contribution is 7.09. The molecule has 0 aliphatic rings. The summed E-state index contributed by atoms with van der Waals surface area (Å²) in [6, 6.07) is 8.24. The molecule has 3 rings (SSSR count). The normalized spacial score (nSPS) is 12.5. The molecule has 3 aromatic rings. The van der Waals surface area contributed by atoms with Crippen LogP contribution < -0.4 is 0 Å². The third-order valence-corrected chi connectivity index (χ3v) is 4.99. The van der Waals surface area contributed by atoms with Gasteiger partial charge in [-0.2, -0.15) is 0 Å². The summed E-state index contributed by atoms with van der Waals surface area (Å²) in [7, 11) is 2.04. The van der Waals surface area contributed by atoms with Crippen molar-refractivity contribution >= 4 is 11.3 Å². The Hall–Kier alpha value is -2.18. The maximum atomic E-state index is 13.3. The Bertz CT molecular complexity index is 773. The van der Waals surface area contributed by atoms with Crippen molar-refractivity contribution in [2.75, 3.05) is 13.6 Å². The summed E-state index contributed by atoms with van der Waals surface area (Å²) in [6.07, 6.45) is 4.39. The monoisotopic (exact) mass is 342 g/mol. The number of hydrogen-bond acceptors (Lipinski definition) is 5. The first-order valence-corrected chi connectivity index (χ1v) is 8.64. The maximum Gasteiger partial charge on any atom is 0.149 e. The van der Waals surface area contributed by atoms with Gasteiger partial charge >= 0.3 is 0 Å². The van der Waals surface area contributed by atoms with E-state index in [2.05, 4.69) is 19.9 Å². The second kappa shape index (κ2) is 7.59. The van der Waals surface area contributed by atoms with E-state index in [0.717, 1.165) is 24.2 Å². The molecule has 0 spiro atoms. The molecule has 1 aromatic carbocycles. The molecule has 124 valence electrons. The van der Waals surface area contributed by atoms with Gasteiger partial charge in [0.15, 0.2) is 0 Å². The van der Waals surface area contributed by atoms with Crippen molar-refractivity contribution in [3.8, 4) is 0 Å². The molecule has 0 saturated heterocycles. The summed E-state index contributed by atoms with van der Waals surface area (Å²) in [4.78, 5) is 16.6. The Kier molecular flexibility index (Phi) is 5.27. The van der Waals surface area contributed by atoms with E-state index >= 15 is 0 Å². The van der Waals surface area contributed by atoms with Crippen molar-refractivity contribution in [2.24, 2.45) is 0 Å². The third-order valence-electron chi connectivity index (χ3n) is 3.99. The predicted octanol–water partition coefficient (Wildman–Crippen LogP) is 3.64.